The van der Waals surface area contributed by atoms with Crippen LogP contribution in [0, 0.1) is 0 Å². The molecule has 1 aliphatic rings. The van der Waals surface area contributed by atoms with E-state index < -0.39 is 12.0 Å². The fraction of sp³-hybridized carbons (Fsp3) is 0.864. The largest absolute Gasteiger partial charge is 0.480 e. The molecule has 0 amide bonds. The van der Waals surface area contributed by atoms with Crippen LogP contribution in [0.1, 0.15) is 109 Å². The number of aliphatic hydroxyl groups excluding tert-OH is 1. The lowest BCUT2D eigenvalue weighted by molar-refractivity contribution is -0.139. The number of hydrogen-bond donors (Lipinski definition) is 3. The highest BCUT2D eigenvalue weighted by Gasteiger charge is 2.29. The molecule has 1 aliphatic heterocycles. The summed E-state index contributed by atoms with van der Waals surface area (Å²) in [5.74, 6) is -0.780. The van der Waals surface area contributed by atoms with Crippen LogP contribution < -0.4 is 5.32 Å². The summed E-state index contributed by atoms with van der Waals surface area (Å²) in [4.78, 5) is 10.6. The van der Waals surface area contributed by atoms with Crippen LogP contribution in [-0.4, -0.2) is 34.4 Å². The molecular formula is C22H53NO3. The lowest BCUT2D eigenvalue weighted by atomic mass is 10.0. The van der Waals surface area contributed by atoms with E-state index in [-0.39, 0.29) is 19.6 Å². The van der Waals surface area contributed by atoms with E-state index in [2.05, 4.69) is 11.9 Å². The molecule has 0 aliphatic carbocycles. The van der Waals surface area contributed by atoms with Crippen molar-refractivity contribution < 1.29 is 15.0 Å². The van der Waals surface area contributed by atoms with Gasteiger partial charge in [-0.3, -0.25) is 4.79 Å². The lowest BCUT2D eigenvalue weighted by Crippen LogP contribution is -2.36. The van der Waals surface area contributed by atoms with Crippen molar-refractivity contribution in [2.75, 3.05) is 0 Å². The summed E-state index contributed by atoms with van der Waals surface area (Å²) in [6.45, 7) is 23.3. The summed E-state index contributed by atoms with van der Waals surface area (Å²) < 4.78 is 0. The Labute approximate surface area is 166 Å². The number of nitrogens with one attached hydrogen (secondary N) is 1. The SMILES string of the molecule is C.C=CC.CC.CC.CC.CC.CCCC(O)CC1CCC(C(=O)O)N1. The first-order chi connectivity index (χ1) is 12.0. The van der Waals surface area contributed by atoms with Gasteiger partial charge in [-0.2, -0.15) is 0 Å². The number of hydrogen-bond acceptors (Lipinski definition) is 3. The predicted molar refractivity (Wildman–Crippen MR) is 121 cm³/mol. The van der Waals surface area contributed by atoms with E-state index in [1.54, 1.807) is 6.08 Å². The minimum Gasteiger partial charge on any atom is -0.480 e. The Bertz CT molecular complexity index is 233. The zero-order valence-corrected chi connectivity index (χ0v) is 18.9. The molecule has 0 aromatic rings. The van der Waals surface area contributed by atoms with Gasteiger partial charge in [0.15, 0.2) is 0 Å². The Morgan fingerprint density at radius 1 is 1.12 bits per heavy atom. The predicted octanol–water partition coefficient (Wildman–Crippen LogP) is 6.68. The van der Waals surface area contributed by atoms with Crippen LogP contribution in [0.5, 0.6) is 0 Å². The maximum Gasteiger partial charge on any atom is 0.320 e. The van der Waals surface area contributed by atoms with Gasteiger partial charge < -0.3 is 15.5 Å². The first-order valence-electron chi connectivity index (χ1n) is 10.3. The van der Waals surface area contributed by atoms with Crippen LogP contribution in [0.4, 0.5) is 0 Å². The van der Waals surface area contributed by atoms with Gasteiger partial charge in [-0.05, 0) is 32.6 Å². The Kier molecular flexibility index (Phi) is 60.4. The molecule has 1 rings (SSSR count). The Morgan fingerprint density at radius 3 is 1.77 bits per heavy atom. The summed E-state index contributed by atoms with van der Waals surface area (Å²) in [5, 5.41) is 21.3. The topological polar surface area (TPSA) is 69.6 Å². The second-order valence-electron chi connectivity index (χ2n) is 4.42. The van der Waals surface area contributed by atoms with E-state index >= 15 is 0 Å². The van der Waals surface area contributed by atoms with Crippen LogP contribution >= 0.6 is 0 Å². The number of carboxylic acid groups (broad SMARTS) is 1. The molecule has 3 N–H and O–H groups in total. The van der Waals surface area contributed by atoms with Crippen molar-refractivity contribution in [2.45, 2.75) is 127 Å². The molecule has 0 saturated carbocycles. The molecule has 1 heterocycles. The first-order valence-corrected chi connectivity index (χ1v) is 10.3. The number of rotatable bonds is 5. The number of aliphatic hydroxyl groups is 1. The molecule has 0 aromatic carbocycles. The lowest BCUT2D eigenvalue weighted by Gasteiger charge is -2.15. The second-order valence-corrected chi connectivity index (χ2v) is 4.42. The van der Waals surface area contributed by atoms with Gasteiger partial charge in [0.1, 0.15) is 6.04 Å². The molecule has 1 fully saturated rings. The summed E-state index contributed by atoms with van der Waals surface area (Å²) in [6.07, 6.45) is 5.45. The van der Waals surface area contributed by atoms with Gasteiger partial charge in [0.25, 0.3) is 0 Å². The molecule has 0 spiro atoms. The second kappa shape index (κ2) is 39.3. The van der Waals surface area contributed by atoms with Crippen molar-refractivity contribution >= 4 is 5.97 Å². The molecule has 3 atom stereocenters. The van der Waals surface area contributed by atoms with Gasteiger partial charge in [0.05, 0.1) is 6.10 Å². The zero-order valence-electron chi connectivity index (χ0n) is 18.9. The maximum atomic E-state index is 10.6. The van der Waals surface area contributed by atoms with Gasteiger partial charge in [0, 0.05) is 6.04 Å². The highest BCUT2D eigenvalue weighted by Crippen LogP contribution is 2.18. The van der Waals surface area contributed by atoms with E-state index in [1.165, 1.54) is 0 Å². The monoisotopic (exact) mass is 379 g/mol. The van der Waals surface area contributed by atoms with Gasteiger partial charge in [-0.15, -0.1) is 6.58 Å². The number of allylic oxidation sites excluding steroid dienone is 1. The molecular weight excluding hydrogens is 326 g/mol. The third kappa shape index (κ3) is 31.0. The highest BCUT2D eigenvalue weighted by molar-refractivity contribution is 5.73. The number of carboxylic acids is 1. The molecule has 3 unspecified atom stereocenters. The molecule has 0 radical (unpaired) electrons. The molecule has 26 heavy (non-hydrogen) atoms. The highest BCUT2D eigenvalue weighted by atomic mass is 16.4. The van der Waals surface area contributed by atoms with Crippen molar-refractivity contribution in [2.24, 2.45) is 0 Å². The molecule has 4 nitrogen and oxygen atoms in total. The van der Waals surface area contributed by atoms with Crippen LogP contribution in [0.15, 0.2) is 12.7 Å². The molecule has 4 heteroatoms. The van der Waals surface area contributed by atoms with E-state index in [4.69, 9.17) is 5.11 Å². The Balaban J connectivity index is -0.0000000710. The third-order valence-corrected chi connectivity index (χ3v) is 2.72. The van der Waals surface area contributed by atoms with Crippen LogP contribution in [0.25, 0.3) is 0 Å². The standard InChI is InChI=1S/C10H19NO3.C3H6.4C2H6.CH4/c1-2-3-8(12)6-7-4-5-9(11-7)10(13)14;1-3-2;4*1-2;/h7-9,11-12H,2-6H2,1H3,(H,13,14);3H,1H2,2H3;4*1-2H3;1H4. The smallest absolute Gasteiger partial charge is 0.320 e. The van der Waals surface area contributed by atoms with Gasteiger partial charge in [0.2, 0.25) is 0 Å². The zero-order chi connectivity index (χ0) is 21.3. The quantitative estimate of drug-likeness (QED) is 0.466. The molecule has 0 bridgehead atoms. The first kappa shape index (κ1) is 40.0. The van der Waals surface area contributed by atoms with E-state index in [9.17, 15) is 9.90 Å². The van der Waals surface area contributed by atoms with Crippen molar-refractivity contribution in [1.29, 1.82) is 0 Å². The fourth-order valence-corrected chi connectivity index (χ4v) is 1.98. The van der Waals surface area contributed by atoms with Gasteiger partial charge >= 0.3 is 5.97 Å². The molecule has 164 valence electrons. The summed E-state index contributed by atoms with van der Waals surface area (Å²) in [6, 6.07) is -0.230. The third-order valence-electron chi connectivity index (χ3n) is 2.72. The average molecular weight is 380 g/mol. The fourth-order valence-electron chi connectivity index (χ4n) is 1.98. The summed E-state index contributed by atoms with van der Waals surface area (Å²) in [7, 11) is 0. The van der Waals surface area contributed by atoms with Crippen LogP contribution in [0.2, 0.25) is 0 Å². The van der Waals surface area contributed by atoms with Gasteiger partial charge in [-0.25, -0.2) is 0 Å². The summed E-state index contributed by atoms with van der Waals surface area (Å²) in [5.41, 5.74) is 0. The van der Waals surface area contributed by atoms with E-state index in [0.29, 0.717) is 12.8 Å². The Hall–Kier alpha value is -0.870. The number of carbonyl (C=O) groups is 1. The van der Waals surface area contributed by atoms with Crippen molar-refractivity contribution in [3.05, 3.63) is 12.7 Å². The maximum absolute atomic E-state index is 10.6. The van der Waals surface area contributed by atoms with Crippen molar-refractivity contribution in [3.63, 3.8) is 0 Å². The average Bonchev–Trinajstić information content (AvgIpc) is 3.11. The van der Waals surface area contributed by atoms with Crippen molar-refractivity contribution in [3.8, 4) is 0 Å². The molecule has 0 aromatic heterocycles. The number of aliphatic carboxylic acids is 1. The van der Waals surface area contributed by atoms with Gasteiger partial charge in [-0.1, -0.05) is 82.2 Å². The van der Waals surface area contributed by atoms with E-state index in [0.717, 1.165) is 19.3 Å². The van der Waals surface area contributed by atoms with E-state index in [1.807, 2.05) is 69.2 Å². The molecule has 1 saturated heterocycles. The minimum absolute atomic E-state index is 0. The Morgan fingerprint density at radius 2 is 1.50 bits per heavy atom. The normalized spacial score (nSPS) is 17.0. The summed E-state index contributed by atoms with van der Waals surface area (Å²) >= 11 is 0. The van der Waals surface area contributed by atoms with Crippen LogP contribution in [-0.2, 0) is 4.79 Å². The minimum atomic E-state index is -0.780. The van der Waals surface area contributed by atoms with Crippen molar-refractivity contribution in [1.82, 2.24) is 5.32 Å². The van der Waals surface area contributed by atoms with Crippen LogP contribution in [0.3, 0.4) is 0 Å².